The molecule has 1 saturated carbocycles. The fraction of sp³-hybridized carbons (Fsp3) is 0.429. The Morgan fingerprint density at radius 2 is 1.89 bits per heavy atom. The van der Waals surface area contributed by atoms with Crippen molar-refractivity contribution in [1.82, 2.24) is 0 Å². The van der Waals surface area contributed by atoms with Gasteiger partial charge in [-0.3, -0.25) is 9.59 Å². The Kier molecular flexibility index (Phi) is 1.47. The van der Waals surface area contributed by atoms with E-state index in [0.29, 0.717) is 18.4 Å². The topological polar surface area (TPSA) is 34.1 Å². The molecule has 0 spiro atoms. The summed E-state index contributed by atoms with van der Waals surface area (Å²) in [5.41, 5.74) is 0.478. The molecule has 0 radical (unpaired) electrons. The van der Waals surface area contributed by atoms with Crippen molar-refractivity contribution in [1.29, 1.82) is 0 Å². The number of carbonyl (C=O) groups excluding carboxylic acids is 2. The first kappa shape index (κ1) is 6.20. The first-order valence-corrected chi connectivity index (χ1v) is 2.97. The monoisotopic (exact) mass is 124 g/mol. The van der Waals surface area contributed by atoms with E-state index in [1.165, 1.54) is 0 Å². The third-order valence-corrected chi connectivity index (χ3v) is 1.46. The van der Waals surface area contributed by atoms with Crippen LogP contribution in [0, 0.1) is 0 Å². The number of allylic oxidation sites excluding steroid dienone is 1. The number of hydrogen-bond acceptors (Lipinski definition) is 2. The summed E-state index contributed by atoms with van der Waals surface area (Å²) < 4.78 is 0. The van der Waals surface area contributed by atoms with E-state index >= 15 is 0 Å². The summed E-state index contributed by atoms with van der Waals surface area (Å²) >= 11 is 0. The lowest BCUT2D eigenvalue weighted by Crippen LogP contribution is -2.19. The van der Waals surface area contributed by atoms with E-state index in [2.05, 4.69) is 6.58 Å². The molecule has 1 aliphatic carbocycles. The molecule has 0 heterocycles. The van der Waals surface area contributed by atoms with Crippen LogP contribution in [0.25, 0.3) is 0 Å². The lowest BCUT2D eigenvalue weighted by atomic mass is 9.94. The summed E-state index contributed by atoms with van der Waals surface area (Å²) in [5, 5.41) is 0. The lowest BCUT2D eigenvalue weighted by molar-refractivity contribution is -0.135. The predicted octanol–water partition coefficient (Wildman–Crippen LogP) is 0.865. The van der Waals surface area contributed by atoms with Gasteiger partial charge in [0.2, 0.25) is 11.6 Å². The van der Waals surface area contributed by atoms with Gasteiger partial charge >= 0.3 is 0 Å². The molecule has 0 atom stereocenters. The zero-order valence-corrected chi connectivity index (χ0v) is 5.14. The summed E-state index contributed by atoms with van der Waals surface area (Å²) in [6.45, 7) is 3.48. The Labute approximate surface area is 53.6 Å². The van der Waals surface area contributed by atoms with Crippen molar-refractivity contribution in [2.75, 3.05) is 0 Å². The third-order valence-electron chi connectivity index (χ3n) is 1.46. The smallest absolute Gasteiger partial charge is 0.223 e. The molecular formula is C7H8O2. The van der Waals surface area contributed by atoms with Gasteiger partial charge in [0.1, 0.15) is 0 Å². The van der Waals surface area contributed by atoms with Crippen LogP contribution in [-0.4, -0.2) is 11.6 Å². The molecule has 1 fully saturated rings. The van der Waals surface area contributed by atoms with Crippen molar-refractivity contribution < 1.29 is 9.59 Å². The molecule has 0 aromatic heterocycles. The normalized spacial score (nSPS) is 20.7. The van der Waals surface area contributed by atoms with Gasteiger partial charge in [-0.1, -0.05) is 6.58 Å². The van der Waals surface area contributed by atoms with E-state index in [9.17, 15) is 9.59 Å². The summed E-state index contributed by atoms with van der Waals surface area (Å²) in [6.07, 6.45) is 1.91. The van der Waals surface area contributed by atoms with Crippen LogP contribution in [0.4, 0.5) is 0 Å². The van der Waals surface area contributed by atoms with Gasteiger partial charge < -0.3 is 0 Å². The molecule has 2 nitrogen and oxygen atoms in total. The van der Waals surface area contributed by atoms with Crippen molar-refractivity contribution in [3.63, 3.8) is 0 Å². The quantitative estimate of drug-likeness (QED) is 0.354. The van der Waals surface area contributed by atoms with Crippen LogP contribution in [0.3, 0.4) is 0 Å². The highest BCUT2D eigenvalue weighted by atomic mass is 16.2. The van der Waals surface area contributed by atoms with Crippen molar-refractivity contribution in [3.05, 3.63) is 12.2 Å². The molecule has 0 N–H and O–H groups in total. The van der Waals surface area contributed by atoms with E-state index in [4.69, 9.17) is 0 Å². The van der Waals surface area contributed by atoms with E-state index < -0.39 is 0 Å². The maximum atomic E-state index is 10.7. The highest BCUT2D eigenvalue weighted by molar-refractivity contribution is 6.43. The van der Waals surface area contributed by atoms with Gasteiger partial charge in [-0.25, -0.2) is 0 Å². The van der Waals surface area contributed by atoms with Crippen LogP contribution in [0.2, 0.25) is 0 Å². The molecule has 2 heteroatoms. The molecule has 0 aromatic carbocycles. The highest BCUT2D eigenvalue weighted by Crippen LogP contribution is 2.14. The van der Waals surface area contributed by atoms with Gasteiger partial charge in [0.05, 0.1) is 0 Å². The zero-order chi connectivity index (χ0) is 6.85. The molecule has 1 aliphatic rings. The lowest BCUT2D eigenvalue weighted by Gasteiger charge is -2.08. The molecule has 0 saturated heterocycles. The summed E-state index contributed by atoms with van der Waals surface area (Å²) in [6, 6.07) is 0. The van der Waals surface area contributed by atoms with Crippen LogP contribution in [-0.2, 0) is 9.59 Å². The fourth-order valence-electron chi connectivity index (χ4n) is 0.887. The van der Waals surface area contributed by atoms with E-state index in [-0.39, 0.29) is 11.6 Å². The molecule has 0 aliphatic heterocycles. The molecule has 0 unspecified atom stereocenters. The average Bonchev–Trinajstić information content (AvgIpc) is 1.83. The Bertz CT molecular complexity index is 161. The number of Topliss-reactive ketones (excluding diaryl/α,β-unsaturated/α-hetero) is 2. The highest BCUT2D eigenvalue weighted by Gasteiger charge is 2.21. The molecular weight excluding hydrogens is 116 g/mol. The summed E-state index contributed by atoms with van der Waals surface area (Å²) in [7, 11) is 0. The Morgan fingerprint density at radius 3 is 2.33 bits per heavy atom. The fourth-order valence-corrected chi connectivity index (χ4v) is 0.887. The first-order chi connectivity index (χ1) is 4.22. The third kappa shape index (κ3) is 1.07. The van der Waals surface area contributed by atoms with Crippen LogP contribution in [0.15, 0.2) is 12.2 Å². The van der Waals surface area contributed by atoms with Crippen LogP contribution < -0.4 is 0 Å². The standard InChI is InChI=1S/C7H8O2/c1-5-3-2-4-6(8)7(5)9/h1-4H2. The second-order valence-corrected chi connectivity index (χ2v) is 2.21. The minimum Gasteiger partial charge on any atom is -0.291 e. The second-order valence-electron chi connectivity index (χ2n) is 2.21. The van der Waals surface area contributed by atoms with E-state index in [0.717, 1.165) is 6.42 Å². The SMILES string of the molecule is C=C1CCCC(=O)C1=O. The number of rotatable bonds is 0. The number of ketones is 2. The number of hydrogen-bond donors (Lipinski definition) is 0. The van der Waals surface area contributed by atoms with Crippen LogP contribution in [0.1, 0.15) is 19.3 Å². The van der Waals surface area contributed by atoms with Gasteiger partial charge in [0.25, 0.3) is 0 Å². The maximum absolute atomic E-state index is 10.7. The van der Waals surface area contributed by atoms with Gasteiger partial charge in [0, 0.05) is 6.42 Å². The minimum absolute atomic E-state index is 0.272. The molecule has 0 bridgehead atoms. The average molecular weight is 124 g/mol. The van der Waals surface area contributed by atoms with E-state index in [1.54, 1.807) is 0 Å². The Hall–Kier alpha value is -0.920. The Balaban J connectivity index is 2.74. The van der Waals surface area contributed by atoms with Crippen molar-refractivity contribution in [2.45, 2.75) is 19.3 Å². The minimum atomic E-state index is -0.360. The second kappa shape index (κ2) is 2.13. The zero-order valence-electron chi connectivity index (χ0n) is 5.14. The van der Waals surface area contributed by atoms with Crippen molar-refractivity contribution in [2.24, 2.45) is 0 Å². The molecule has 0 amide bonds. The molecule has 48 valence electrons. The van der Waals surface area contributed by atoms with Crippen molar-refractivity contribution >= 4 is 11.6 Å². The van der Waals surface area contributed by atoms with Gasteiger partial charge in [-0.2, -0.15) is 0 Å². The number of carbonyl (C=O) groups is 2. The van der Waals surface area contributed by atoms with Crippen LogP contribution >= 0.6 is 0 Å². The molecule has 1 rings (SSSR count). The summed E-state index contributed by atoms with van der Waals surface area (Å²) in [5.74, 6) is -0.632. The van der Waals surface area contributed by atoms with Gasteiger partial charge in [-0.05, 0) is 18.4 Å². The predicted molar refractivity (Wildman–Crippen MR) is 33.0 cm³/mol. The maximum Gasteiger partial charge on any atom is 0.223 e. The van der Waals surface area contributed by atoms with Gasteiger partial charge in [-0.15, -0.1) is 0 Å². The van der Waals surface area contributed by atoms with Crippen LogP contribution in [0.5, 0.6) is 0 Å². The van der Waals surface area contributed by atoms with Crippen molar-refractivity contribution in [3.8, 4) is 0 Å². The van der Waals surface area contributed by atoms with E-state index in [1.807, 2.05) is 0 Å². The van der Waals surface area contributed by atoms with Gasteiger partial charge in [0.15, 0.2) is 0 Å². The Morgan fingerprint density at radius 1 is 1.22 bits per heavy atom. The molecule has 0 aromatic rings. The molecule has 9 heavy (non-hydrogen) atoms. The summed E-state index contributed by atoms with van der Waals surface area (Å²) in [4.78, 5) is 21.3. The largest absolute Gasteiger partial charge is 0.291 e. The first-order valence-electron chi connectivity index (χ1n) is 2.97.